The summed E-state index contributed by atoms with van der Waals surface area (Å²) < 4.78 is 0. The van der Waals surface area contributed by atoms with Crippen LogP contribution in [0.25, 0.3) is 16.8 Å². The molecule has 0 spiro atoms. The zero-order chi connectivity index (χ0) is 14.5. The first-order valence-electron chi connectivity index (χ1n) is 7.05. The third-order valence-electron chi connectivity index (χ3n) is 3.37. The highest BCUT2D eigenvalue weighted by Crippen LogP contribution is 2.18. The fraction of sp³-hybridized carbons (Fsp3) is 0.0476. The van der Waals surface area contributed by atoms with E-state index < -0.39 is 0 Å². The van der Waals surface area contributed by atoms with Gasteiger partial charge in [-0.1, -0.05) is 65.9 Å². The van der Waals surface area contributed by atoms with Crippen molar-refractivity contribution < 1.29 is 0 Å². The first-order chi connectivity index (χ1) is 10.3. The van der Waals surface area contributed by atoms with Crippen molar-refractivity contribution in [3.63, 3.8) is 0 Å². The van der Waals surface area contributed by atoms with E-state index in [1.807, 2.05) is 36.4 Å². The van der Waals surface area contributed by atoms with Crippen LogP contribution >= 0.6 is 0 Å². The van der Waals surface area contributed by atoms with Crippen molar-refractivity contribution in [1.29, 1.82) is 0 Å². The fourth-order valence-electron chi connectivity index (χ4n) is 2.27. The lowest BCUT2D eigenvalue weighted by atomic mass is 10.0. The average molecular weight is 268 g/mol. The van der Waals surface area contributed by atoms with Gasteiger partial charge in [0.25, 0.3) is 0 Å². The molecular weight excluding hydrogens is 252 g/mol. The van der Waals surface area contributed by atoms with E-state index in [4.69, 9.17) is 0 Å². The van der Waals surface area contributed by atoms with Crippen molar-refractivity contribution >= 4 is 16.8 Å². The van der Waals surface area contributed by atoms with Crippen molar-refractivity contribution in [2.45, 2.75) is 6.92 Å². The minimum Gasteiger partial charge on any atom is -0.0696 e. The molecule has 0 saturated heterocycles. The highest BCUT2D eigenvalue weighted by Gasteiger charge is 1.94. The van der Waals surface area contributed by atoms with Gasteiger partial charge in [0.1, 0.15) is 0 Å². The Balaban J connectivity index is 1.80. The van der Waals surface area contributed by atoms with Gasteiger partial charge in [0.05, 0.1) is 0 Å². The summed E-state index contributed by atoms with van der Waals surface area (Å²) >= 11 is 0. The van der Waals surface area contributed by atoms with Crippen molar-refractivity contribution in [2.24, 2.45) is 0 Å². The Morgan fingerprint density at radius 2 is 1.57 bits per heavy atom. The quantitative estimate of drug-likeness (QED) is 0.531. The monoisotopic (exact) mass is 268 g/mol. The Bertz CT molecular complexity index is 843. The van der Waals surface area contributed by atoms with E-state index in [0.717, 1.165) is 5.56 Å². The van der Waals surface area contributed by atoms with E-state index in [1.165, 1.54) is 21.9 Å². The number of rotatable bonds is 1. The molecular formula is C21H16. The largest absolute Gasteiger partial charge is 0.0696 e. The van der Waals surface area contributed by atoms with Crippen LogP contribution in [0.3, 0.4) is 0 Å². The van der Waals surface area contributed by atoms with Gasteiger partial charge < -0.3 is 0 Å². The summed E-state index contributed by atoms with van der Waals surface area (Å²) in [5, 5.41) is 2.54. The van der Waals surface area contributed by atoms with Crippen LogP contribution in [-0.2, 0) is 0 Å². The SMILES string of the molecule is Cc1ccc2cc(/C=C/C#Cc3ccccc3)ccc2c1. The van der Waals surface area contributed by atoms with Gasteiger partial charge in [-0.05, 0) is 53.6 Å². The second-order valence-electron chi connectivity index (χ2n) is 5.08. The van der Waals surface area contributed by atoms with Crippen molar-refractivity contribution in [2.75, 3.05) is 0 Å². The van der Waals surface area contributed by atoms with Crippen molar-refractivity contribution in [3.8, 4) is 11.8 Å². The van der Waals surface area contributed by atoms with E-state index >= 15 is 0 Å². The highest BCUT2D eigenvalue weighted by molar-refractivity contribution is 5.85. The molecule has 0 unspecified atom stereocenters. The van der Waals surface area contributed by atoms with Gasteiger partial charge in [-0.15, -0.1) is 0 Å². The first-order valence-corrected chi connectivity index (χ1v) is 7.05. The molecule has 0 aromatic heterocycles. The second-order valence-corrected chi connectivity index (χ2v) is 5.08. The van der Waals surface area contributed by atoms with Crippen LogP contribution in [0.1, 0.15) is 16.7 Å². The van der Waals surface area contributed by atoms with Gasteiger partial charge >= 0.3 is 0 Å². The lowest BCUT2D eigenvalue weighted by Gasteiger charge is -2.00. The molecule has 0 bridgehead atoms. The van der Waals surface area contributed by atoms with E-state index in [2.05, 4.69) is 61.2 Å². The Kier molecular flexibility index (Phi) is 3.85. The van der Waals surface area contributed by atoms with Crippen molar-refractivity contribution in [3.05, 3.63) is 89.5 Å². The zero-order valence-electron chi connectivity index (χ0n) is 12.0. The van der Waals surface area contributed by atoms with E-state index in [0.29, 0.717) is 0 Å². The summed E-state index contributed by atoms with van der Waals surface area (Å²) in [7, 11) is 0. The Hall–Kier alpha value is -2.78. The van der Waals surface area contributed by atoms with Crippen LogP contribution in [-0.4, -0.2) is 0 Å². The summed E-state index contributed by atoms with van der Waals surface area (Å²) in [5.74, 6) is 6.20. The molecule has 0 amide bonds. The van der Waals surface area contributed by atoms with Gasteiger partial charge in [0, 0.05) is 5.56 Å². The maximum atomic E-state index is 3.12. The molecule has 0 atom stereocenters. The van der Waals surface area contributed by atoms with Gasteiger partial charge in [-0.25, -0.2) is 0 Å². The second kappa shape index (κ2) is 6.11. The molecule has 0 radical (unpaired) electrons. The van der Waals surface area contributed by atoms with Crippen LogP contribution in [0.4, 0.5) is 0 Å². The topological polar surface area (TPSA) is 0 Å². The fourth-order valence-corrected chi connectivity index (χ4v) is 2.27. The number of benzene rings is 3. The summed E-state index contributed by atoms with van der Waals surface area (Å²) in [6.45, 7) is 2.12. The van der Waals surface area contributed by atoms with Gasteiger partial charge in [-0.3, -0.25) is 0 Å². The molecule has 21 heavy (non-hydrogen) atoms. The molecule has 100 valence electrons. The molecule has 0 heterocycles. The van der Waals surface area contributed by atoms with Gasteiger partial charge in [0.15, 0.2) is 0 Å². The van der Waals surface area contributed by atoms with Crippen molar-refractivity contribution in [1.82, 2.24) is 0 Å². The molecule has 0 aliphatic heterocycles. The minimum atomic E-state index is 1.04. The van der Waals surface area contributed by atoms with Crippen LogP contribution in [0.5, 0.6) is 0 Å². The standard InChI is InChI=1S/C21H16/c1-17-11-13-21-16-19(12-14-20(21)15-17)10-6-5-9-18-7-3-2-4-8-18/h2-4,6-8,10-16H,1H3/b10-6+. The number of fused-ring (bicyclic) bond motifs is 1. The predicted octanol–water partition coefficient (Wildman–Crippen LogP) is 5.21. The zero-order valence-corrected chi connectivity index (χ0v) is 12.0. The molecule has 0 aliphatic carbocycles. The van der Waals surface area contributed by atoms with Gasteiger partial charge in [0.2, 0.25) is 0 Å². The lowest BCUT2D eigenvalue weighted by Crippen LogP contribution is -1.77. The Labute approximate surface area is 125 Å². The van der Waals surface area contributed by atoms with Crippen LogP contribution in [0.15, 0.2) is 72.8 Å². The van der Waals surface area contributed by atoms with Crippen LogP contribution in [0.2, 0.25) is 0 Å². The van der Waals surface area contributed by atoms with E-state index in [-0.39, 0.29) is 0 Å². The minimum absolute atomic E-state index is 1.04. The van der Waals surface area contributed by atoms with E-state index in [1.54, 1.807) is 0 Å². The van der Waals surface area contributed by atoms with Crippen LogP contribution in [0, 0.1) is 18.8 Å². The maximum Gasteiger partial charge on any atom is 0.0248 e. The number of hydrogen-bond acceptors (Lipinski definition) is 0. The third-order valence-corrected chi connectivity index (χ3v) is 3.37. The smallest absolute Gasteiger partial charge is 0.0248 e. The average Bonchev–Trinajstić information content (AvgIpc) is 2.52. The molecule has 0 saturated carbocycles. The maximum absolute atomic E-state index is 3.12. The molecule has 0 nitrogen and oxygen atoms in total. The Morgan fingerprint density at radius 3 is 2.43 bits per heavy atom. The molecule has 0 N–H and O–H groups in total. The van der Waals surface area contributed by atoms with E-state index in [9.17, 15) is 0 Å². The molecule has 0 aliphatic rings. The highest BCUT2D eigenvalue weighted by atomic mass is 14.0. The summed E-state index contributed by atoms with van der Waals surface area (Å²) in [5.41, 5.74) is 3.50. The Morgan fingerprint density at radius 1 is 0.810 bits per heavy atom. The number of aryl methyl sites for hydroxylation is 1. The molecule has 3 aromatic carbocycles. The lowest BCUT2D eigenvalue weighted by molar-refractivity contribution is 1.50. The molecule has 3 rings (SSSR count). The summed E-state index contributed by atoms with van der Waals surface area (Å²) in [4.78, 5) is 0. The summed E-state index contributed by atoms with van der Waals surface area (Å²) in [6, 6.07) is 23.0. The normalized spacial score (nSPS) is 10.5. The van der Waals surface area contributed by atoms with Crippen LogP contribution < -0.4 is 0 Å². The molecule has 3 aromatic rings. The predicted molar refractivity (Wildman–Crippen MR) is 91.0 cm³/mol. The third kappa shape index (κ3) is 3.41. The van der Waals surface area contributed by atoms with Gasteiger partial charge in [-0.2, -0.15) is 0 Å². The number of allylic oxidation sites excluding steroid dienone is 1. The summed E-state index contributed by atoms with van der Waals surface area (Å²) in [6.07, 6.45) is 3.96. The number of hydrogen-bond donors (Lipinski definition) is 0. The first kappa shape index (κ1) is 13.2. The molecule has 0 fully saturated rings. The molecule has 0 heteroatoms.